The Labute approximate surface area is 108 Å². The van der Waals surface area contributed by atoms with Crippen LogP contribution < -0.4 is 5.32 Å². The van der Waals surface area contributed by atoms with E-state index in [2.05, 4.69) is 47.8 Å². The lowest BCUT2D eigenvalue weighted by Gasteiger charge is -2.18. The number of fused-ring (bicyclic) bond motifs is 1. The Hall–Kier alpha value is -1.38. The maximum absolute atomic E-state index is 9.61. The Bertz CT molecular complexity index is 528. The second kappa shape index (κ2) is 5.09. The fourth-order valence-corrected chi connectivity index (χ4v) is 2.46. The second-order valence-electron chi connectivity index (χ2n) is 5.16. The van der Waals surface area contributed by atoms with Crippen LogP contribution in [-0.4, -0.2) is 18.3 Å². The predicted molar refractivity (Wildman–Crippen MR) is 74.5 cm³/mol. The van der Waals surface area contributed by atoms with Crippen LogP contribution in [0.1, 0.15) is 24.4 Å². The van der Waals surface area contributed by atoms with E-state index in [1.807, 2.05) is 0 Å². The van der Waals surface area contributed by atoms with Crippen molar-refractivity contribution in [3.63, 3.8) is 0 Å². The smallest absolute Gasteiger partial charge is 0.0626 e. The lowest BCUT2D eigenvalue weighted by atomic mass is 9.99. The summed E-state index contributed by atoms with van der Waals surface area (Å²) in [7, 11) is 0. The highest BCUT2D eigenvalue weighted by Gasteiger charge is 2.22. The van der Waals surface area contributed by atoms with E-state index < -0.39 is 0 Å². The molecule has 1 fully saturated rings. The highest BCUT2D eigenvalue weighted by molar-refractivity contribution is 5.86. The van der Waals surface area contributed by atoms with E-state index in [1.54, 1.807) is 0 Å². The summed E-state index contributed by atoms with van der Waals surface area (Å²) in [6, 6.07) is 14.7. The van der Waals surface area contributed by atoms with Crippen LogP contribution in [0.4, 0.5) is 0 Å². The third-order valence-electron chi connectivity index (χ3n) is 3.73. The molecule has 0 amide bonds. The van der Waals surface area contributed by atoms with Crippen LogP contribution in [0.2, 0.25) is 0 Å². The molecule has 94 valence electrons. The molecular weight excluding hydrogens is 222 g/mol. The summed E-state index contributed by atoms with van der Waals surface area (Å²) in [5.41, 5.74) is 1.20. The number of hydrogen-bond acceptors (Lipinski definition) is 2. The molecule has 2 N–H and O–H groups in total. The molecule has 18 heavy (non-hydrogen) atoms. The SMILES string of the molecule is OCC(NCC1CC1)c1cccc2ccccc12. The Kier molecular flexibility index (Phi) is 3.31. The minimum Gasteiger partial charge on any atom is -0.394 e. The molecule has 0 saturated heterocycles. The van der Waals surface area contributed by atoms with E-state index >= 15 is 0 Å². The summed E-state index contributed by atoms with van der Waals surface area (Å²) in [6.07, 6.45) is 2.67. The predicted octanol–water partition coefficient (Wildman–Crippen LogP) is 2.87. The number of rotatable bonds is 5. The summed E-state index contributed by atoms with van der Waals surface area (Å²) < 4.78 is 0. The largest absolute Gasteiger partial charge is 0.394 e. The molecule has 0 radical (unpaired) electrons. The van der Waals surface area contributed by atoms with Gasteiger partial charge in [0.25, 0.3) is 0 Å². The van der Waals surface area contributed by atoms with Gasteiger partial charge in [-0.15, -0.1) is 0 Å². The Morgan fingerprint density at radius 1 is 1.11 bits per heavy atom. The van der Waals surface area contributed by atoms with Crippen molar-refractivity contribution < 1.29 is 5.11 Å². The minimum atomic E-state index is 0.0525. The molecule has 1 saturated carbocycles. The zero-order valence-corrected chi connectivity index (χ0v) is 10.5. The molecule has 2 aromatic carbocycles. The minimum absolute atomic E-state index is 0.0525. The molecule has 1 aliphatic rings. The molecule has 0 aromatic heterocycles. The maximum Gasteiger partial charge on any atom is 0.0626 e. The summed E-state index contributed by atoms with van der Waals surface area (Å²) >= 11 is 0. The van der Waals surface area contributed by atoms with Crippen molar-refractivity contribution in [1.29, 1.82) is 0 Å². The van der Waals surface area contributed by atoms with Gasteiger partial charge in [0.2, 0.25) is 0 Å². The molecule has 3 rings (SSSR count). The molecule has 1 aliphatic carbocycles. The first-order valence-corrected chi connectivity index (χ1v) is 6.70. The van der Waals surface area contributed by atoms with Crippen molar-refractivity contribution in [2.45, 2.75) is 18.9 Å². The zero-order chi connectivity index (χ0) is 12.4. The van der Waals surface area contributed by atoms with Crippen molar-refractivity contribution in [1.82, 2.24) is 5.32 Å². The van der Waals surface area contributed by atoms with E-state index in [4.69, 9.17) is 0 Å². The van der Waals surface area contributed by atoms with Gasteiger partial charge < -0.3 is 10.4 Å². The lowest BCUT2D eigenvalue weighted by molar-refractivity contribution is 0.244. The number of aliphatic hydroxyl groups is 1. The van der Waals surface area contributed by atoms with Crippen LogP contribution in [0.3, 0.4) is 0 Å². The van der Waals surface area contributed by atoms with Gasteiger partial charge in [0.05, 0.1) is 12.6 Å². The Balaban J connectivity index is 1.89. The highest BCUT2D eigenvalue weighted by atomic mass is 16.3. The van der Waals surface area contributed by atoms with Gasteiger partial charge in [-0.2, -0.15) is 0 Å². The van der Waals surface area contributed by atoms with Crippen molar-refractivity contribution in [3.05, 3.63) is 48.0 Å². The number of hydrogen-bond donors (Lipinski definition) is 2. The van der Waals surface area contributed by atoms with E-state index in [1.165, 1.54) is 29.2 Å². The van der Waals surface area contributed by atoms with Crippen LogP contribution in [0.15, 0.2) is 42.5 Å². The van der Waals surface area contributed by atoms with Crippen molar-refractivity contribution >= 4 is 10.8 Å². The quantitative estimate of drug-likeness (QED) is 0.843. The monoisotopic (exact) mass is 241 g/mol. The summed E-state index contributed by atoms with van der Waals surface area (Å²) in [5, 5.41) is 15.6. The highest BCUT2D eigenvalue weighted by Crippen LogP contribution is 2.29. The molecule has 2 heteroatoms. The molecule has 1 atom stereocenters. The van der Waals surface area contributed by atoms with Gasteiger partial charge in [0, 0.05) is 0 Å². The topological polar surface area (TPSA) is 32.3 Å². The van der Waals surface area contributed by atoms with Gasteiger partial charge in [0.15, 0.2) is 0 Å². The van der Waals surface area contributed by atoms with Gasteiger partial charge in [0.1, 0.15) is 0 Å². The van der Waals surface area contributed by atoms with Gasteiger partial charge in [-0.05, 0) is 41.6 Å². The molecule has 0 bridgehead atoms. The zero-order valence-electron chi connectivity index (χ0n) is 10.5. The first kappa shape index (κ1) is 11.7. The Morgan fingerprint density at radius 2 is 1.89 bits per heavy atom. The van der Waals surface area contributed by atoms with Crippen LogP contribution >= 0.6 is 0 Å². The number of benzene rings is 2. The molecular formula is C16H19NO. The van der Waals surface area contributed by atoms with E-state index in [-0.39, 0.29) is 12.6 Å². The average molecular weight is 241 g/mol. The first-order valence-electron chi connectivity index (χ1n) is 6.70. The van der Waals surface area contributed by atoms with Crippen molar-refractivity contribution in [2.75, 3.05) is 13.2 Å². The fraction of sp³-hybridized carbons (Fsp3) is 0.375. The summed E-state index contributed by atoms with van der Waals surface area (Å²) in [6.45, 7) is 1.18. The molecule has 2 nitrogen and oxygen atoms in total. The normalized spacial score (nSPS) is 16.9. The third kappa shape index (κ3) is 2.40. The van der Waals surface area contributed by atoms with E-state index in [0.717, 1.165) is 12.5 Å². The van der Waals surface area contributed by atoms with Gasteiger partial charge in [-0.25, -0.2) is 0 Å². The van der Waals surface area contributed by atoms with E-state index in [9.17, 15) is 5.11 Å². The van der Waals surface area contributed by atoms with Gasteiger partial charge >= 0.3 is 0 Å². The molecule has 1 unspecified atom stereocenters. The van der Waals surface area contributed by atoms with Crippen LogP contribution in [0, 0.1) is 5.92 Å². The fourth-order valence-electron chi connectivity index (χ4n) is 2.46. The van der Waals surface area contributed by atoms with E-state index in [0.29, 0.717) is 0 Å². The first-order chi connectivity index (χ1) is 8.88. The van der Waals surface area contributed by atoms with Crippen LogP contribution in [-0.2, 0) is 0 Å². The summed E-state index contributed by atoms with van der Waals surface area (Å²) in [5.74, 6) is 0.828. The summed E-state index contributed by atoms with van der Waals surface area (Å²) in [4.78, 5) is 0. The Morgan fingerprint density at radius 3 is 2.67 bits per heavy atom. The van der Waals surface area contributed by atoms with Crippen molar-refractivity contribution in [2.24, 2.45) is 5.92 Å². The second-order valence-corrected chi connectivity index (χ2v) is 5.16. The van der Waals surface area contributed by atoms with Crippen LogP contribution in [0.5, 0.6) is 0 Å². The average Bonchev–Trinajstić information content (AvgIpc) is 3.24. The molecule has 2 aromatic rings. The lowest BCUT2D eigenvalue weighted by Crippen LogP contribution is -2.26. The van der Waals surface area contributed by atoms with Gasteiger partial charge in [-0.1, -0.05) is 42.5 Å². The molecule has 0 heterocycles. The maximum atomic E-state index is 9.61. The molecule has 0 aliphatic heterocycles. The molecule has 0 spiro atoms. The van der Waals surface area contributed by atoms with Gasteiger partial charge in [-0.3, -0.25) is 0 Å². The third-order valence-corrected chi connectivity index (χ3v) is 3.73. The van der Waals surface area contributed by atoms with Crippen molar-refractivity contribution in [3.8, 4) is 0 Å². The number of nitrogens with one attached hydrogen (secondary N) is 1. The number of aliphatic hydroxyl groups excluding tert-OH is 1. The standard InChI is InChI=1S/C16H19NO/c18-11-16(17-10-12-8-9-12)15-7-3-5-13-4-1-2-6-14(13)15/h1-7,12,16-18H,8-11H2. The van der Waals surface area contributed by atoms with Crippen LogP contribution in [0.25, 0.3) is 10.8 Å².